The van der Waals surface area contributed by atoms with Crippen molar-refractivity contribution in [1.82, 2.24) is 4.90 Å². The first-order valence-corrected chi connectivity index (χ1v) is 8.14. The van der Waals surface area contributed by atoms with Gasteiger partial charge in [-0.05, 0) is 36.1 Å². The van der Waals surface area contributed by atoms with Gasteiger partial charge < -0.3 is 9.64 Å². The number of piperidine rings is 1. The molecule has 2 aromatic rings. The number of carbonyl (C=O) groups is 1. The standard InChI is InChI=1S/C19H23NO2/c1-2-22-17-10-6-12-20(14-17)19(21)13-16-9-5-8-15-7-3-4-11-18(15)16/h3-5,7-9,11,17H,2,6,10,12-14H2,1H3/t17-/m1/s1. The number of nitrogens with zero attached hydrogens (tertiary/aromatic N) is 1. The van der Waals surface area contributed by atoms with Gasteiger partial charge >= 0.3 is 0 Å². The number of benzene rings is 2. The molecule has 1 fully saturated rings. The van der Waals surface area contributed by atoms with E-state index in [2.05, 4.69) is 24.3 Å². The lowest BCUT2D eigenvalue weighted by molar-refractivity contribution is -0.134. The Bertz CT molecular complexity index is 645. The van der Waals surface area contributed by atoms with Crippen LogP contribution in [0.3, 0.4) is 0 Å². The zero-order valence-corrected chi connectivity index (χ0v) is 13.1. The normalized spacial score (nSPS) is 18.6. The third kappa shape index (κ3) is 3.30. The van der Waals surface area contributed by atoms with Gasteiger partial charge in [0.15, 0.2) is 0 Å². The van der Waals surface area contributed by atoms with Gasteiger partial charge in [0.05, 0.1) is 12.5 Å². The fourth-order valence-electron chi connectivity index (χ4n) is 3.26. The Labute approximate surface area is 131 Å². The summed E-state index contributed by atoms with van der Waals surface area (Å²) in [7, 11) is 0. The largest absolute Gasteiger partial charge is 0.377 e. The van der Waals surface area contributed by atoms with Crippen molar-refractivity contribution in [3.8, 4) is 0 Å². The van der Waals surface area contributed by atoms with Gasteiger partial charge in [-0.25, -0.2) is 0 Å². The smallest absolute Gasteiger partial charge is 0.227 e. The van der Waals surface area contributed by atoms with Crippen molar-refractivity contribution >= 4 is 16.7 Å². The average Bonchev–Trinajstić information content (AvgIpc) is 2.56. The number of ether oxygens (including phenoxy) is 1. The maximum atomic E-state index is 12.6. The minimum atomic E-state index is 0.204. The molecule has 3 heteroatoms. The van der Waals surface area contributed by atoms with Gasteiger partial charge in [-0.3, -0.25) is 4.79 Å². The minimum Gasteiger partial charge on any atom is -0.377 e. The summed E-state index contributed by atoms with van der Waals surface area (Å²) in [5.41, 5.74) is 1.11. The van der Waals surface area contributed by atoms with Crippen LogP contribution >= 0.6 is 0 Å². The first-order chi connectivity index (χ1) is 10.8. The van der Waals surface area contributed by atoms with Gasteiger partial charge in [0, 0.05) is 19.7 Å². The number of hydrogen-bond donors (Lipinski definition) is 0. The number of likely N-dealkylation sites (tertiary alicyclic amines) is 1. The first-order valence-electron chi connectivity index (χ1n) is 8.14. The average molecular weight is 297 g/mol. The van der Waals surface area contributed by atoms with E-state index in [0.29, 0.717) is 6.42 Å². The van der Waals surface area contributed by atoms with E-state index in [1.807, 2.05) is 30.0 Å². The number of rotatable bonds is 4. The molecule has 0 spiro atoms. The minimum absolute atomic E-state index is 0.204. The molecule has 1 atom stereocenters. The second kappa shape index (κ2) is 6.93. The molecule has 0 bridgehead atoms. The zero-order chi connectivity index (χ0) is 15.4. The van der Waals surface area contributed by atoms with Crippen molar-refractivity contribution in [2.24, 2.45) is 0 Å². The summed E-state index contributed by atoms with van der Waals surface area (Å²) in [6.45, 7) is 4.32. The molecule has 22 heavy (non-hydrogen) atoms. The van der Waals surface area contributed by atoms with E-state index < -0.39 is 0 Å². The number of amides is 1. The molecule has 1 heterocycles. The van der Waals surface area contributed by atoms with Crippen LogP contribution < -0.4 is 0 Å². The van der Waals surface area contributed by atoms with Crippen molar-refractivity contribution in [2.75, 3.05) is 19.7 Å². The van der Waals surface area contributed by atoms with Gasteiger partial charge in [-0.2, -0.15) is 0 Å². The maximum absolute atomic E-state index is 12.6. The van der Waals surface area contributed by atoms with Crippen molar-refractivity contribution in [3.63, 3.8) is 0 Å². The Balaban J connectivity index is 1.73. The van der Waals surface area contributed by atoms with Crippen LogP contribution in [0.25, 0.3) is 10.8 Å². The summed E-state index contributed by atoms with van der Waals surface area (Å²) in [6.07, 6.45) is 2.77. The SMILES string of the molecule is CCO[C@@H]1CCCN(C(=O)Cc2cccc3ccccc23)C1. The fraction of sp³-hybridized carbons (Fsp3) is 0.421. The lowest BCUT2D eigenvalue weighted by Crippen LogP contribution is -2.43. The van der Waals surface area contributed by atoms with Gasteiger partial charge in [-0.15, -0.1) is 0 Å². The van der Waals surface area contributed by atoms with E-state index in [1.165, 1.54) is 10.8 Å². The van der Waals surface area contributed by atoms with Crippen molar-refractivity contribution in [2.45, 2.75) is 32.3 Å². The lowest BCUT2D eigenvalue weighted by Gasteiger charge is -2.32. The molecule has 0 aliphatic carbocycles. The number of hydrogen-bond acceptors (Lipinski definition) is 2. The quantitative estimate of drug-likeness (QED) is 0.865. The third-order valence-electron chi connectivity index (χ3n) is 4.35. The predicted molar refractivity (Wildman–Crippen MR) is 88.9 cm³/mol. The molecule has 116 valence electrons. The first kappa shape index (κ1) is 15.0. The Kier molecular flexibility index (Phi) is 4.74. The highest BCUT2D eigenvalue weighted by molar-refractivity contribution is 5.90. The van der Waals surface area contributed by atoms with E-state index in [1.54, 1.807) is 0 Å². The number of carbonyl (C=O) groups excluding carboxylic acids is 1. The molecule has 0 unspecified atom stereocenters. The van der Waals surface area contributed by atoms with E-state index >= 15 is 0 Å². The fourth-order valence-corrected chi connectivity index (χ4v) is 3.26. The van der Waals surface area contributed by atoms with Crippen LogP contribution in [0.15, 0.2) is 42.5 Å². The molecule has 2 aromatic carbocycles. The summed E-state index contributed by atoms with van der Waals surface area (Å²) < 4.78 is 5.69. The van der Waals surface area contributed by atoms with Crippen LogP contribution in [-0.2, 0) is 16.0 Å². The Morgan fingerprint density at radius 1 is 1.23 bits per heavy atom. The van der Waals surface area contributed by atoms with Crippen molar-refractivity contribution in [3.05, 3.63) is 48.0 Å². The summed E-state index contributed by atoms with van der Waals surface area (Å²) in [5.74, 6) is 0.209. The van der Waals surface area contributed by atoms with Crippen LogP contribution in [0, 0.1) is 0 Å². The molecule has 3 nitrogen and oxygen atoms in total. The van der Waals surface area contributed by atoms with E-state index in [4.69, 9.17) is 4.74 Å². The Morgan fingerprint density at radius 2 is 2.05 bits per heavy atom. The van der Waals surface area contributed by atoms with E-state index in [9.17, 15) is 4.79 Å². The molecule has 0 radical (unpaired) electrons. The van der Waals surface area contributed by atoms with Gasteiger partial charge in [0.2, 0.25) is 5.91 Å². The summed E-state index contributed by atoms with van der Waals surface area (Å²) in [4.78, 5) is 14.6. The third-order valence-corrected chi connectivity index (χ3v) is 4.35. The Hall–Kier alpha value is -1.87. The van der Waals surface area contributed by atoms with Gasteiger partial charge in [-0.1, -0.05) is 42.5 Å². The molecule has 1 aliphatic heterocycles. The second-order valence-electron chi connectivity index (χ2n) is 5.87. The van der Waals surface area contributed by atoms with Crippen LogP contribution in [0.2, 0.25) is 0 Å². The van der Waals surface area contributed by atoms with Gasteiger partial charge in [0.25, 0.3) is 0 Å². The summed E-state index contributed by atoms with van der Waals surface area (Å²) in [6, 6.07) is 14.4. The lowest BCUT2D eigenvalue weighted by atomic mass is 10.0. The van der Waals surface area contributed by atoms with Crippen LogP contribution in [0.4, 0.5) is 0 Å². The summed E-state index contributed by atoms with van der Waals surface area (Å²) in [5, 5.41) is 2.37. The van der Waals surface area contributed by atoms with Crippen molar-refractivity contribution < 1.29 is 9.53 Å². The van der Waals surface area contributed by atoms with E-state index in [-0.39, 0.29) is 12.0 Å². The molecular formula is C19H23NO2. The van der Waals surface area contributed by atoms with Crippen LogP contribution in [0.5, 0.6) is 0 Å². The maximum Gasteiger partial charge on any atom is 0.227 e. The van der Waals surface area contributed by atoms with Gasteiger partial charge in [0.1, 0.15) is 0 Å². The second-order valence-corrected chi connectivity index (χ2v) is 5.87. The van der Waals surface area contributed by atoms with Crippen LogP contribution in [-0.4, -0.2) is 36.6 Å². The predicted octanol–water partition coefficient (Wildman–Crippen LogP) is 3.41. The molecule has 1 saturated heterocycles. The number of fused-ring (bicyclic) bond motifs is 1. The highest BCUT2D eigenvalue weighted by Crippen LogP contribution is 2.21. The molecule has 0 saturated carbocycles. The topological polar surface area (TPSA) is 29.5 Å². The van der Waals surface area contributed by atoms with Crippen LogP contribution in [0.1, 0.15) is 25.3 Å². The highest BCUT2D eigenvalue weighted by atomic mass is 16.5. The Morgan fingerprint density at radius 3 is 2.91 bits per heavy atom. The molecule has 1 amide bonds. The summed E-state index contributed by atoms with van der Waals surface area (Å²) >= 11 is 0. The molecule has 1 aliphatic rings. The monoisotopic (exact) mass is 297 g/mol. The molecule has 3 rings (SSSR count). The zero-order valence-electron chi connectivity index (χ0n) is 13.1. The highest BCUT2D eigenvalue weighted by Gasteiger charge is 2.24. The van der Waals surface area contributed by atoms with Crippen molar-refractivity contribution in [1.29, 1.82) is 0 Å². The molecule has 0 N–H and O–H groups in total. The molecule has 0 aromatic heterocycles. The van der Waals surface area contributed by atoms with E-state index in [0.717, 1.165) is 38.1 Å². The molecular weight excluding hydrogens is 274 g/mol.